The highest BCUT2D eigenvalue weighted by molar-refractivity contribution is 5.96. The van der Waals surface area contributed by atoms with Crippen LogP contribution in [0.2, 0.25) is 0 Å². The van der Waals surface area contributed by atoms with Gasteiger partial charge in [-0.05, 0) is 49.8 Å². The Hall–Kier alpha value is -2.24. The molecule has 2 heterocycles. The fourth-order valence-electron chi connectivity index (χ4n) is 4.54. The van der Waals surface area contributed by atoms with E-state index in [-0.39, 0.29) is 12.1 Å². The van der Waals surface area contributed by atoms with Crippen LogP contribution in [0.1, 0.15) is 38.5 Å². The van der Waals surface area contributed by atoms with E-state index in [0.717, 1.165) is 30.8 Å². The summed E-state index contributed by atoms with van der Waals surface area (Å²) in [4.78, 5) is 28.4. The van der Waals surface area contributed by atoms with E-state index < -0.39 is 0 Å². The Kier molecular flexibility index (Phi) is 4.51. The Morgan fingerprint density at radius 2 is 1.96 bits per heavy atom. The Morgan fingerprint density at radius 3 is 2.72 bits per heavy atom. The minimum absolute atomic E-state index is 0.00239. The summed E-state index contributed by atoms with van der Waals surface area (Å²) in [5.41, 5.74) is 1.57. The van der Waals surface area contributed by atoms with Crippen molar-refractivity contribution in [2.75, 3.05) is 29.9 Å². The van der Waals surface area contributed by atoms with Crippen LogP contribution in [0.4, 0.5) is 21.0 Å². The Labute approximate surface area is 148 Å². The SMILES string of the molecule is O=C1NCCN1c1cccc(NC(=O)N2CCC[C@H]2C2CCCC2)c1. The highest BCUT2D eigenvalue weighted by Gasteiger charge is 2.36. The molecule has 1 aromatic carbocycles. The summed E-state index contributed by atoms with van der Waals surface area (Å²) < 4.78 is 0. The van der Waals surface area contributed by atoms with E-state index in [1.54, 1.807) is 4.90 Å². The van der Waals surface area contributed by atoms with Crippen molar-refractivity contribution in [3.8, 4) is 0 Å². The first kappa shape index (κ1) is 16.2. The van der Waals surface area contributed by atoms with Crippen LogP contribution in [0, 0.1) is 5.92 Å². The van der Waals surface area contributed by atoms with Crippen molar-refractivity contribution in [2.24, 2.45) is 5.92 Å². The van der Waals surface area contributed by atoms with Crippen molar-refractivity contribution in [2.45, 2.75) is 44.6 Å². The summed E-state index contributed by atoms with van der Waals surface area (Å²) in [6.45, 7) is 2.17. The summed E-state index contributed by atoms with van der Waals surface area (Å²) >= 11 is 0. The molecule has 4 rings (SSSR count). The van der Waals surface area contributed by atoms with Crippen LogP contribution in [0.3, 0.4) is 0 Å². The monoisotopic (exact) mass is 342 g/mol. The quantitative estimate of drug-likeness (QED) is 0.884. The van der Waals surface area contributed by atoms with E-state index in [1.165, 1.54) is 25.7 Å². The number of carbonyl (C=O) groups is 2. The minimum Gasteiger partial charge on any atom is -0.336 e. The van der Waals surface area contributed by atoms with Crippen molar-refractivity contribution in [3.63, 3.8) is 0 Å². The van der Waals surface area contributed by atoms with Crippen LogP contribution < -0.4 is 15.5 Å². The number of nitrogens with one attached hydrogen (secondary N) is 2. The van der Waals surface area contributed by atoms with Crippen molar-refractivity contribution >= 4 is 23.4 Å². The maximum absolute atomic E-state index is 12.8. The van der Waals surface area contributed by atoms with E-state index in [0.29, 0.717) is 25.0 Å². The second-order valence-electron chi connectivity index (χ2n) is 7.31. The molecule has 0 bridgehead atoms. The first-order valence-electron chi connectivity index (χ1n) is 9.45. The van der Waals surface area contributed by atoms with Gasteiger partial charge in [-0.25, -0.2) is 9.59 Å². The lowest BCUT2D eigenvalue weighted by Gasteiger charge is -2.29. The molecule has 1 atom stereocenters. The van der Waals surface area contributed by atoms with E-state index in [4.69, 9.17) is 0 Å². The van der Waals surface area contributed by atoms with Crippen LogP contribution in [-0.2, 0) is 0 Å². The lowest BCUT2D eigenvalue weighted by Crippen LogP contribution is -2.42. The molecule has 1 saturated carbocycles. The van der Waals surface area contributed by atoms with Crippen molar-refractivity contribution in [1.29, 1.82) is 0 Å². The zero-order valence-corrected chi connectivity index (χ0v) is 14.5. The first-order chi connectivity index (χ1) is 12.2. The summed E-state index contributed by atoms with van der Waals surface area (Å²) in [6, 6.07) is 7.86. The topological polar surface area (TPSA) is 64.7 Å². The predicted octanol–water partition coefficient (Wildman–Crippen LogP) is 3.40. The number of urea groups is 2. The second-order valence-corrected chi connectivity index (χ2v) is 7.31. The highest BCUT2D eigenvalue weighted by Crippen LogP contribution is 2.35. The molecule has 0 aromatic heterocycles. The summed E-state index contributed by atoms with van der Waals surface area (Å²) in [7, 11) is 0. The van der Waals surface area contributed by atoms with Gasteiger partial charge in [0.05, 0.1) is 0 Å². The summed E-state index contributed by atoms with van der Waals surface area (Å²) in [5, 5.41) is 5.85. The number of nitrogens with zero attached hydrogens (tertiary/aromatic N) is 2. The molecule has 1 aliphatic carbocycles. The van der Waals surface area contributed by atoms with Gasteiger partial charge in [-0.15, -0.1) is 0 Å². The van der Waals surface area contributed by atoms with E-state index in [1.807, 2.05) is 29.2 Å². The molecule has 2 N–H and O–H groups in total. The average molecular weight is 342 g/mol. The molecule has 0 spiro atoms. The number of amides is 4. The number of hydrogen-bond donors (Lipinski definition) is 2. The first-order valence-corrected chi connectivity index (χ1v) is 9.45. The van der Waals surface area contributed by atoms with Gasteiger partial charge in [0.2, 0.25) is 0 Å². The number of likely N-dealkylation sites (tertiary alicyclic amines) is 1. The van der Waals surface area contributed by atoms with Crippen LogP contribution in [0.25, 0.3) is 0 Å². The van der Waals surface area contributed by atoms with E-state index >= 15 is 0 Å². The Balaban J connectivity index is 1.44. The number of rotatable bonds is 3. The van der Waals surface area contributed by atoms with Gasteiger partial charge in [-0.1, -0.05) is 18.9 Å². The molecule has 0 unspecified atom stereocenters. The molecule has 3 aliphatic rings. The standard InChI is InChI=1S/C19H26N4O2/c24-18-20-10-12-22(18)16-8-3-7-15(13-16)21-19(25)23-11-4-9-17(23)14-5-1-2-6-14/h3,7-8,13-14,17H,1-2,4-6,9-12H2,(H,20,24)(H,21,25)/t17-/m0/s1. The maximum Gasteiger partial charge on any atom is 0.322 e. The maximum atomic E-state index is 12.8. The molecule has 4 amide bonds. The van der Waals surface area contributed by atoms with Crippen molar-refractivity contribution in [3.05, 3.63) is 24.3 Å². The Bertz CT molecular complexity index is 657. The highest BCUT2D eigenvalue weighted by atomic mass is 16.2. The Morgan fingerprint density at radius 1 is 1.12 bits per heavy atom. The molecule has 1 aromatic rings. The lowest BCUT2D eigenvalue weighted by molar-refractivity contribution is 0.185. The molecular formula is C19H26N4O2. The van der Waals surface area contributed by atoms with Crippen LogP contribution in [-0.4, -0.2) is 42.6 Å². The second kappa shape index (κ2) is 6.94. The molecule has 3 fully saturated rings. The largest absolute Gasteiger partial charge is 0.336 e. The molecule has 2 saturated heterocycles. The van der Waals surface area contributed by atoms with Crippen molar-refractivity contribution in [1.82, 2.24) is 10.2 Å². The molecule has 6 nitrogen and oxygen atoms in total. The molecule has 2 aliphatic heterocycles. The number of anilines is 2. The number of benzene rings is 1. The van der Waals surface area contributed by atoms with Gasteiger partial charge in [0.25, 0.3) is 0 Å². The van der Waals surface area contributed by atoms with Gasteiger partial charge < -0.3 is 15.5 Å². The normalized spacial score (nSPS) is 24.0. The van der Waals surface area contributed by atoms with Gasteiger partial charge in [-0.3, -0.25) is 4.90 Å². The summed E-state index contributed by atoms with van der Waals surface area (Å²) in [5.74, 6) is 0.674. The minimum atomic E-state index is -0.0793. The molecular weight excluding hydrogens is 316 g/mol. The third kappa shape index (κ3) is 3.30. The fourth-order valence-corrected chi connectivity index (χ4v) is 4.54. The molecule has 6 heteroatoms. The predicted molar refractivity (Wildman–Crippen MR) is 97.9 cm³/mol. The number of hydrogen-bond acceptors (Lipinski definition) is 2. The molecule has 0 radical (unpaired) electrons. The smallest absolute Gasteiger partial charge is 0.322 e. The zero-order chi connectivity index (χ0) is 17.2. The lowest BCUT2D eigenvalue weighted by atomic mass is 9.96. The molecule has 25 heavy (non-hydrogen) atoms. The van der Waals surface area contributed by atoms with Gasteiger partial charge in [0.1, 0.15) is 0 Å². The fraction of sp³-hybridized carbons (Fsp3) is 0.579. The molecule has 134 valence electrons. The van der Waals surface area contributed by atoms with Crippen LogP contribution in [0.5, 0.6) is 0 Å². The van der Waals surface area contributed by atoms with Crippen molar-refractivity contribution < 1.29 is 9.59 Å². The third-order valence-electron chi connectivity index (χ3n) is 5.77. The third-order valence-corrected chi connectivity index (χ3v) is 5.77. The van der Waals surface area contributed by atoms with E-state index in [9.17, 15) is 9.59 Å². The van der Waals surface area contributed by atoms with Gasteiger partial charge in [-0.2, -0.15) is 0 Å². The van der Waals surface area contributed by atoms with Gasteiger partial charge >= 0.3 is 12.1 Å². The van der Waals surface area contributed by atoms with E-state index in [2.05, 4.69) is 10.6 Å². The average Bonchev–Trinajstić information content (AvgIpc) is 3.36. The van der Waals surface area contributed by atoms with Gasteiger partial charge in [0, 0.05) is 37.1 Å². The van der Waals surface area contributed by atoms with Crippen LogP contribution in [0.15, 0.2) is 24.3 Å². The van der Waals surface area contributed by atoms with Crippen LogP contribution >= 0.6 is 0 Å². The zero-order valence-electron chi connectivity index (χ0n) is 14.5. The van der Waals surface area contributed by atoms with Gasteiger partial charge in [0.15, 0.2) is 0 Å². The summed E-state index contributed by atoms with van der Waals surface area (Å²) in [6.07, 6.45) is 7.35. The number of carbonyl (C=O) groups excluding carboxylic acids is 2.